The van der Waals surface area contributed by atoms with Crippen LogP contribution in [0.2, 0.25) is 0 Å². The number of rotatable bonds is 3. The zero-order valence-electron chi connectivity index (χ0n) is 10.1. The third kappa shape index (κ3) is 2.62. The van der Waals surface area contributed by atoms with Gasteiger partial charge in [-0.15, -0.1) is 11.7 Å². The van der Waals surface area contributed by atoms with Crippen molar-refractivity contribution in [3.8, 4) is 11.1 Å². The quantitative estimate of drug-likeness (QED) is 0.649. The van der Waals surface area contributed by atoms with E-state index in [1.165, 1.54) is 5.56 Å². The largest absolute Gasteiger partial charge is 0.281 e. The SMILES string of the molecule is CCc1ccccc1-c1ccccc1C(=O)SS. The van der Waals surface area contributed by atoms with Gasteiger partial charge in [-0.25, -0.2) is 0 Å². The van der Waals surface area contributed by atoms with E-state index >= 15 is 0 Å². The van der Waals surface area contributed by atoms with E-state index in [-0.39, 0.29) is 5.12 Å². The molecule has 18 heavy (non-hydrogen) atoms. The zero-order chi connectivity index (χ0) is 13.0. The van der Waals surface area contributed by atoms with Crippen LogP contribution in [0.3, 0.4) is 0 Å². The molecule has 1 nitrogen and oxygen atoms in total. The number of hydrogen-bond donors (Lipinski definition) is 1. The first-order valence-corrected chi connectivity index (χ1v) is 7.68. The molecular formula is C15H14OS2. The fraction of sp³-hybridized carbons (Fsp3) is 0.133. The smallest absolute Gasteiger partial charge is 0.230 e. The Morgan fingerprint density at radius 3 is 2.33 bits per heavy atom. The number of benzene rings is 2. The Labute approximate surface area is 116 Å². The third-order valence-electron chi connectivity index (χ3n) is 2.92. The molecule has 0 aromatic heterocycles. The molecule has 0 saturated carbocycles. The van der Waals surface area contributed by atoms with Gasteiger partial charge >= 0.3 is 0 Å². The Morgan fingerprint density at radius 1 is 1.06 bits per heavy atom. The normalized spacial score (nSPS) is 10.3. The van der Waals surface area contributed by atoms with Crippen LogP contribution in [0, 0.1) is 0 Å². The summed E-state index contributed by atoms with van der Waals surface area (Å²) in [6.45, 7) is 2.12. The average Bonchev–Trinajstić information content (AvgIpc) is 2.46. The highest BCUT2D eigenvalue weighted by molar-refractivity contribution is 8.75. The van der Waals surface area contributed by atoms with Crippen molar-refractivity contribution in [1.29, 1.82) is 0 Å². The van der Waals surface area contributed by atoms with Crippen molar-refractivity contribution in [3.63, 3.8) is 0 Å². The Hall–Kier alpha value is -1.19. The van der Waals surface area contributed by atoms with Crippen LogP contribution in [-0.4, -0.2) is 5.12 Å². The maximum Gasteiger partial charge on any atom is 0.230 e. The molecule has 3 heteroatoms. The molecule has 0 aliphatic rings. The molecule has 2 rings (SSSR count). The van der Waals surface area contributed by atoms with Crippen molar-refractivity contribution >= 4 is 27.6 Å². The average molecular weight is 274 g/mol. The second kappa shape index (κ2) is 6.12. The maximum absolute atomic E-state index is 11.9. The van der Waals surface area contributed by atoms with Crippen molar-refractivity contribution in [2.24, 2.45) is 0 Å². The first kappa shape index (κ1) is 13.2. The lowest BCUT2D eigenvalue weighted by molar-refractivity contribution is 0.109. The van der Waals surface area contributed by atoms with Gasteiger partial charge in [0.2, 0.25) is 5.12 Å². The molecule has 0 spiro atoms. The molecule has 0 fully saturated rings. The molecule has 0 amide bonds. The van der Waals surface area contributed by atoms with Crippen LogP contribution in [0.15, 0.2) is 48.5 Å². The monoisotopic (exact) mass is 274 g/mol. The molecule has 0 N–H and O–H groups in total. The van der Waals surface area contributed by atoms with E-state index in [0.29, 0.717) is 0 Å². The molecule has 0 radical (unpaired) electrons. The minimum absolute atomic E-state index is 0.0140. The highest BCUT2D eigenvalue weighted by Crippen LogP contribution is 2.30. The number of hydrogen-bond acceptors (Lipinski definition) is 3. The molecule has 2 aromatic carbocycles. The van der Waals surface area contributed by atoms with Gasteiger partial charge in [0.15, 0.2) is 0 Å². The molecule has 0 saturated heterocycles. The maximum atomic E-state index is 11.9. The fourth-order valence-electron chi connectivity index (χ4n) is 2.04. The molecule has 0 heterocycles. The standard InChI is InChI=1S/C15H14OS2/c1-2-11-7-3-4-8-12(11)13-9-5-6-10-14(13)15(16)18-17/h3-10,17H,2H2,1H3. The van der Waals surface area contributed by atoms with Gasteiger partial charge in [0, 0.05) is 5.56 Å². The lowest BCUT2D eigenvalue weighted by Crippen LogP contribution is -1.97. The van der Waals surface area contributed by atoms with Crippen molar-refractivity contribution in [2.75, 3.05) is 0 Å². The van der Waals surface area contributed by atoms with Gasteiger partial charge in [-0.3, -0.25) is 4.79 Å². The number of carbonyl (C=O) groups excluding carboxylic acids is 1. The van der Waals surface area contributed by atoms with Gasteiger partial charge in [0.05, 0.1) is 0 Å². The van der Waals surface area contributed by atoms with Crippen molar-refractivity contribution in [2.45, 2.75) is 13.3 Å². The van der Waals surface area contributed by atoms with E-state index in [1.54, 1.807) is 0 Å². The van der Waals surface area contributed by atoms with Gasteiger partial charge in [-0.2, -0.15) is 0 Å². The summed E-state index contributed by atoms with van der Waals surface area (Å²) in [7, 11) is 0.956. The van der Waals surface area contributed by atoms with Gasteiger partial charge in [-0.1, -0.05) is 49.4 Å². The summed E-state index contributed by atoms with van der Waals surface area (Å²) >= 11 is 4.00. The van der Waals surface area contributed by atoms with E-state index in [2.05, 4.69) is 30.7 Å². The fourth-order valence-corrected chi connectivity index (χ4v) is 2.61. The zero-order valence-corrected chi connectivity index (χ0v) is 11.8. The van der Waals surface area contributed by atoms with Gasteiger partial charge in [-0.05, 0) is 40.0 Å². The summed E-state index contributed by atoms with van der Waals surface area (Å²) in [4.78, 5) is 11.9. The van der Waals surface area contributed by atoms with E-state index in [4.69, 9.17) is 0 Å². The minimum atomic E-state index is -0.0140. The van der Waals surface area contributed by atoms with E-state index < -0.39 is 0 Å². The third-order valence-corrected chi connectivity index (χ3v) is 3.80. The number of aryl methyl sites for hydroxylation is 1. The lowest BCUT2D eigenvalue weighted by atomic mass is 9.95. The van der Waals surface area contributed by atoms with Crippen molar-refractivity contribution < 1.29 is 4.79 Å². The van der Waals surface area contributed by atoms with Crippen LogP contribution >= 0.6 is 22.5 Å². The van der Waals surface area contributed by atoms with Crippen LogP contribution in [0.4, 0.5) is 0 Å². The Morgan fingerprint density at radius 2 is 1.67 bits per heavy atom. The number of carbonyl (C=O) groups is 1. The summed E-state index contributed by atoms with van der Waals surface area (Å²) in [5.74, 6) is 0. The molecule has 0 bridgehead atoms. The topological polar surface area (TPSA) is 17.1 Å². The summed E-state index contributed by atoms with van der Waals surface area (Å²) in [6.07, 6.45) is 0.951. The second-order valence-corrected chi connectivity index (χ2v) is 5.04. The first-order chi connectivity index (χ1) is 8.77. The molecule has 0 atom stereocenters. The summed E-state index contributed by atoms with van der Waals surface area (Å²) in [6, 6.07) is 15.9. The summed E-state index contributed by atoms with van der Waals surface area (Å²) < 4.78 is 0. The Bertz CT molecular complexity index is 564. The van der Waals surface area contributed by atoms with E-state index in [9.17, 15) is 4.79 Å². The molecule has 2 aromatic rings. The number of thiol groups is 1. The van der Waals surface area contributed by atoms with Crippen molar-refractivity contribution in [1.82, 2.24) is 0 Å². The molecule has 0 aliphatic carbocycles. The lowest BCUT2D eigenvalue weighted by Gasteiger charge is -2.11. The minimum Gasteiger partial charge on any atom is -0.281 e. The van der Waals surface area contributed by atoms with Crippen LogP contribution in [0.5, 0.6) is 0 Å². The molecule has 92 valence electrons. The summed E-state index contributed by atoms with van der Waals surface area (Å²) in [5, 5.41) is -0.0140. The van der Waals surface area contributed by atoms with Crippen molar-refractivity contribution in [3.05, 3.63) is 59.7 Å². The Kier molecular flexibility index (Phi) is 4.50. The van der Waals surface area contributed by atoms with E-state index in [1.807, 2.05) is 36.4 Å². The van der Waals surface area contributed by atoms with Crippen LogP contribution < -0.4 is 0 Å². The van der Waals surface area contributed by atoms with Gasteiger partial charge in [0.25, 0.3) is 0 Å². The highest BCUT2D eigenvalue weighted by Gasteiger charge is 2.13. The predicted octanol–water partition coefficient (Wildman–Crippen LogP) is 4.63. The molecule has 0 aliphatic heterocycles. The van der Waals surface area contributed by atoms with Crippen LogP contribution in [0.1, 0.15) is 22.8 Å². The van der Waals surface area contributed by atoms with E-state index in [0.717, 1.165) is 33.9 Å². The van der Waals surface area contributed by atoms with Crippen LogP contribution in [0.25, 0.3) is 11.1 Å². The van der Waals surface area contributed by atoms with Gasteiger partial charge in [0.1, 0.15) is 0 Å². The highest BCUT2D eigenvalue weighted by atomic mass is 33.1. The van der Waals surface area contributed by atoms with Gasteiger partial charge < -0.3 is 0 Å². The molecule has 0 unspecified atom stereocenters. The first-order valence-electron chi connectivity index (χ1n) is 5.81. The molecular weight excluding hydrogens is 260 g/mol. The second-order valence-electron chi connectivity index (χ2n) is 3.94. The Balaban J connectivity index is 2.60. The van der Waals surface area contributed by atoms with Crippen LogP contribution in [-0.2, 0) is 6.42 Å². The predicted molar refractivity (Wildman–Crippen MR) is 82.2 cm³/mol. The summed E-state index contributed by atoms with van der Waals surface area (Å²) in [5.41, 5.74) is 4.09.